The first-order valence-electron chi connectivity index (χ1n) is 6.62. The van der Waals surface area contributed by atoms with Crippen molar-refractivity contribution in [2.24, 2.45) is 5.16 Å². The number of fused-ring (bicyclic) bond motifs is 1. The summed E-state index contributed by atoms with van der Waals surface area (Å²) in [7, 11) is 1.35. The molecule has 1 heterocycles. The third kappa shape index (κ3) is 3.19. The van der Waals surface area contributed by atoms with E-state index >= 15 is 0 Å². The molecule has 0 saturated heterocycles. The molecule has 0 N–H and O–H groups in total. The van der Waals surface area contributed by atoms with Crippen LogP contribution in [0.1, 0.15) is 15.9 Å². The van der Waals surface area contributed by atoms with Gasteiger partial charge in [-0.2, -0.15) is 0 Å². The van der Waals surface area contributed by atoms with Crippen LogP contribution in [0.25, 0.3) is 0 Å². The van der Waals surface area contributed by atoms with Crippen LogP contribution in [0.2, 0.25) is 0 Å². The SMILES string of the molecule is CO/N=C(\C(=O)OI1OC(=O)c2ccccc21)c1ccccc1. The van der Waals surface area contributed by atoms with Gasteiger partial charge in [0.1, 0.15) is 0 Å². The molecule has 0 aliphatic carbocycles. The van der Waals surface area contributed by atoms with Gasteiger partial charge in [-0.15, -0.1) is 0 Å². The third-order valence-electron chi connectivity index (χ3n) is 2.96. The van der Waals surface area contributed by atoms with E-state index in [-0.39, 0.29) is 5.71 Å². The predicted octanol–water partition coefficient (Wildman–Crippen LogP) is 2.96. The summed E-state index contributed by atoms with van der Waals surface area (Å²) in [5.74, 6) is -1.13. The zero-order valence-electron chi connectivity index (χ0n) is 12.1. The van der Waals surface area contributed by atoms with Crippen molar-refractivity contribution in [1.82, 2.24) is 0 Å². The second kappa shape index (κ2) is 6.78. The van der Waals surface area contributed by atoms with Gasteiger partial charge in [0.05, 0.1) is 0 Å². The van der Waals surface area contributed by atoms with E-state index < -0.39 is 32.6 Å². The molecule has 0 bridgehead atoms. The van der Waals surface area contributed by atoms with E-state index in [4.69, 9.17) is 11.0 Å². The van der Waals surface area contributed by atoms with Gasteiger partial charge in [-0.3, -0.25) is 0 Å². The Bertz CT molecular complexity index is 775. The van der Waals surface area contributed by atoms with E-state index in [1.54, 1.807) is 48.5 Å². The van der Waals surface area contributed by atoms with Crippen molar-refractivity contribution in [2.75, 3.05) is 7.11 Å². The van der Waals surface area contributed by atoms with E-state index in [0.29, 0.717) is 14.7 Å². The first kappa shape index (κ1) is 15.5. The molecule has 6 nitrogen and oxygen atoms in total. The average molecular weight is 425 g/mol. The van der Waals surface area contributed by atoms with Gasteiger partial charge in [0.15, 0.2) is 0 Å². The molecule has 1 aliphatic heterocycles. The summed E-state index contributed by atoms with van der Waals surface area (Å²) < 4.78 is 11.4. The van der Waals surface area contributed by atoms with Gasteiger partial charge >= 0.3 is 140 Å². The van der Waals surface area contributed by atoms with Gasteiger partial charge < -0.3 is 0 Å². The van der Waals surface area contributed by atoms with Gasteiger partial charge in [0, 0.05) is 0 Å². The van der Waals surface area contributed by atoms with E-state index in [2.05, 4.69) is 5.16 Å². The molecule has 0 spiro atoms. The fraction of sp³-hybridized carbons (Fsp3) is 0.0625. The molecule has 0 atom stereocenters. The number of hydrogen-bond acceptors (Lipinski definition) is 6. The summed E-state index contributed by atoms with van der Waals surface area (Å²) in [6.07, 6.45) is 0. The van der Waals surface area contributed by atoms with Gasteiger partial charge in [-0.1, -0.05) is 0 Å². The van der Waals surface area contributed by atoms with Crippen molar-refractivity contribution >= 4 is 38.3 Å². The molecule has 0 unspecified atom stereocenters. The molecule has 2 aromatic carbocycles. The van der Waals surface area contributed by atoms with Crippen LogP contribution in [-0.4, -0.2) is 24.8 Å². The van der Waals surface area contributed by atoms with E-state index in [0.717, 1.165) is 0 Å². The number of nitrogens with zero attached hydrogens (tertiary/aromatic N) is 1. The topological polar surface area (TPSA) is 74.2 Å². The maximum absolute atomic E-state index is 12.4. The Labute approximate surface area is 140 Å². The molecular weight excluding hydrogens is 413 g/mol. The molecular formula is C16H12INO5. The van der Waals surface area contributed by atoms with Gasteiger partial charge in [-0.25, -0.2) is 0 Å². The number of hydrogen-bond donors (Lipinski definition) is 0. The van der Waals surface area contributed by atoms with Crippen LogP contribution < -0.4 is 0 Å². The van der Waals surface area contributed by atoms with Crippen LogP contribution in [0.4, 0.5) is 0 Å². The molecule has 0 saturated carbocycles. The Morgan fingerprint density at radius 1 is 1.09 bits per heavy atom. The average Bonchev–Trinajstić information content (AvgIpc) is 2.90. The minimum atomic E-state index is -2.83. The number of carbonyl (C=O) groups excluding carboxylic acids is 2. The van der Waals surface area contributed by atoms with Crippen LogP contribution >= 0.6 is 20.6 Å². The first-order chi connectivity index (χ1) is 11.2. The number of benzene rings is 2. The number of halogens is 1. The number of rotatable bonds is 4. The zero-order chi connectivity index (χ0) is 16.2. The summed E-state index contributed by atoms with van der Waals surface area (Å²) in [5, 5.41) is 3.74. The minimum absolute atomic E-state index is 0.0332. The molecule has 3 rings (SSSR count). The van der Waals surface area contributed by atoms with E-state index in [1.165, 1.54) is 7.11 Å². The molecule has 1 aliphatic rings. The van der Waals surface area contributed by atoms with Crippen molar-refractivity contribution < 1.29 is 20.6 Å². The van der Waals surface area contributed by atoms with Crippen molar-refractivity contribution in [1.29, 1.82) is 0 Å². The van der Waals surface area contributed by atoms with Crippen molar-refractivity contribution in [3.05, 3.63) is 69.3 Å². The summed E-state index contributed by atoms with van der Waals surface area (Å²) in [5.41, 5.74) is 1.05. The molecule has 0 aromatic heterocycles. The molecule has 118 valence electrons. The van der Waals surface area contributed by atoms with E-state index in [9.17, 15) is 9.59 Å². The summed E-state index contributed by atoms with van der Waals surface area (Å²) in [6, 6.07) is 15.7. The molecule has 2 aromatic rings. The summed E-state index contributed by atoms with van der Waals surface area (Å²) in [4.78, 5) is 28.9. The van der Waals surface area contributed by atoms with Crippen molar-refractivity contribution in [3.63, 3.8) is 0 Å². The molecule has 7 heteroatoms. The number of oxime groups is 1. The maximum atomic E-state index is 12.4. The number of carbonyl (C=O) groups is 2. The Morgan fingerprint density at radius 3 is 2.52 bits per heavy atom. The van der Waals surface area contributed by atoms with Crippen LogP contribution in [-0.2, 0) is 15.8 Å². The predicted molar refractivity (Wildman–Crippen MR) is 90.7 cm³/mol. The van der Waals surface area contributed by atoms with Crippen LogP contribution in [0.15, 0.2) is 59.8 Å². The van der Waals surface area contributed by atoms with Crippen LogP contribution in [0, 0.1) is 3.57 Å². The Morgan fingerprint density at radius 2 is 1.78 bits per heavy atom. The Balaban J connectivity index is 1.84. The Kier molecular flexibility index (Phi) is 4.56. The molecule has 0 amide bonds. The van der Waals surface area contributed by atoms with Gasteiger partial charge in [0.25, 0.3) is 0 Å². The monoisotopic (exact) mass is 425 g/mol. The summed E-state index contributed by atoms with van der Waals surface area (Å²) >= 11 is -2.83. The van der Waals surface area contributed by atoms with Gasteiger partial charge in [-0.05, 0) is 0 Å². The van der Waals surface area contributed by atoms with E-state index in [1.807, 2.05) is 6.07 Å². The second-order valence-electron chi connectivity index (χ2n) is 4.41. The van der Waals surface area contributed by atoms with Crippen molar-refractivity contribution in [2.45, 2.75) is 0 Å². The molecule has 0 radical (unpaired) electrons. The second-order valence-corrected chi connectivity index (χ2v) is 7.70. The standard InChI is InChI=1S/C16H12INO5/c1-21-18-14(11-7-3-2-4-8-11)16(20)23-17-13-10-6-5-9-12(13)15(19)22-17/h2-10H,1H3/b18-14-. The first-order valence-corrected chi connectivity index (χ1v) is 9.46. The fourth-order valence-electron chi connectivity index (χ4n) is 1.96. The Hall–Kier alpha value is -2.42. The zero-order valence-corrected chi connectivity index (χ0v) is 14.2. The fourth-order valence-corrected chi connectivity index (χ4v) is 5.07. The van der Waals surface area contributed by atoms with Gasteiger partial charge in [0.2, 0.25) is 0 Å². The van der Waals surface area contributed by atoms with Crippen LogP contribution in [0.3, 0.4) is 0 Å². The van der Waals surface area contributed by atoms with Crippen LogP contribution in [0.5, 0.6) is 0 Å². The summed E-state index contributed by atoms with van der Waals surface area (Å²) in [6.45, 7) is 0. The van der Waals surface area contributed by atoms with Crippen molar-refractivity contribution in [3.8, 4) is 0 Å². The molecule has 23 heavy (non-hydrogen) atoms. The normalized spacial score (nSPS) is 14.9. The molecule has 0 fully saturated rings. The quantitative estimate of drug-likeness (QED) is 0.428. The third-order valence-corrected chi connectivity index (χ3v) is 6.45.